The van der Waals surface area contributed by atoms with Crippen LogP contribution in [0.2, 0.25) is 39.3 Å². The summed E-state index contributed by atoms with van der Waals surface area (Å²) in [6.45, 7) is 19.1. The van der Waals surface area contributed by atoms with Gasteiger partial charge in [-0.2, -0.15) is 0 Å². The maximum Gasteiger partial charge on any atom is 0.329 e. The molecule has 0 aliphatic heterocycles. The second kappa shape index (κ2) is 5.82. The SMILES string of the molecule is C=C(O[Si](C)(C)[C@](C)(CC)O[Si](C)(C)O)[Si](C)(C)O. The van der Waals surface area contributed by atoms with Gasteiger partial charge in [0.15, 0.2) is 0 Å². The molecule has 0 saturated carbocycles. The lowest BCUT2D eigenvalue weighted by Crippen LogP contribution is -2.60. The van der Waals surface area contributed by atoms with Crippen LogP contribution in [0.5, 0.6) is 0 Å². The molecule has 1 atom stereocenters. The van der Waals surface area contributed by atoms with E-state index in [9.17, 15) is 9.59 Å². The number of rotatable bonds is 7. The maximum absolute atomic E-state index is 10.1. The molecule has 7 heteroatoms. The molecule has 0 aromatic rings. The fraction of sp³-hybridized carbons (Fsp3) is 0.833. The summed E-state index contributed by atoms with van der Waals surface area (Å²) in [6, 6.07) is 0. The molecule has 0 aliphatic carbocycles. The van der Waals surface area contributed by atoms with Crippen molar-refractivity contribution in [3.05, 3.63) is 12.0 Å². The molecule has 4 nitrogen and oxygen atoms in total. The van der Waals surface area contributed by atoms with Crippen LogP contribution in [0, 0.1) is 0 Å². The van der Waals surface area contributed by atoms with E-state index >= 15 is 0 Å². The summed E-state index contributed by atoms with van der Waals surface area (Å²) >= 11 is 0. The van der Waals surface area contributed by atoms with Crippen molar-refractivity contribution in [2.75, 3.05) is 0 Å². The van der Waals surface area contributed by atoms with Gasteiger partial charge in [0.05, 0.1) is 10.6 Å². The lowest BCUT2D eigenvalue weighted by atomic mass is 10.3. The monoisotopic (exact) mass is 322 g/mol. The van der Waals surface area contributed by atoms with Gasteiger partial charge < -0.3 is 18.4 Å². The van der Waals surface area contributed by atoms with Crippen LogP contribution in [0.25, 0.3) is 0 Å². The predicted molar refractivity (Wildman–Crippen MR) is 86.9 cm³/mol. The van der Waals surface area contributed by atoms with Crippen molar-refractivity contribution in [2.24, 2.45) is 0 Å². The van der Waals surface area contributed by atoms with Gasteiger partial charge in [-0.05, 0) is 52.6 Å². The van der Waals surface area contributed by atoms with Gasteiger partial charge in [0.2, 0.25) is 0 Å². The molecular weight excluding hydrogens is 292 g/mol. The summed E-state index contributed by atoms with van der Waals surface area (Å²) < 4.78 is 12.0. The van der Waals surface area contributed by atoms with Crippen LogP contribution in [0.3, 0.4) is 0 Å². The predicted octanol–water partition coefficient (Wildman–Crippen LogP) is 2.88. The molecule has 0 heterocycles. The van der Waals surface area contributed by atoms with Crippen LogP contribution in [-0.2, 0) is 8.85 Å². The normalized spacial score (nSPS) is 16.9. The minimum Gasteiger partial charge on any atom is -0.546 e. The molecule has 0 rings (SSSR count). The fourth-order valence-corrected chi connectivity index (χ4v) is 8.14. The van der Waals surface area contributed by atoms with Gasteiger partial charge in [0, 0.05) is 0 Å². The quantitative estimate of drug-likeness (QED) is 0.559. The number of hydrogen-bond acceptors (Lipinski definition) is 4. The van der Waals surface area contributed by atoms with Crippen molar-refractivity contribution in [1.82, 2.24) is 0 Å². The molecule has 2 N–H and O–H groups in total. The molecule has 0 aromatic heterocycles. The van der Waals surface area contributed by atoms with E-state index in [2.05, 4.69) is 6.58 Å². The minimum absolute atomic E-state index is 0.491. The Morgan fingerprint density at radius 1 is 1.11 bits per heavy atom. The molecule has 0 amide bonds. The average molecular weight is 323 g/mol. The van der Waals surface area contributed by atoms with Crippen molar-refractivity contribution in [3.8, 4) is 0 Å². The number of hydrogen-bond donors (Lipinski definition) is 2. The fourth-order valence-electron chi connectivity index (χ4n) is 1.71. The van der Waals surface area contributed by atoms with Gasteiger partial charge in [0.1, 0.15) is 0 Å². The molecule has 0 radical (unpaired) electrons. The lowest BCUT2D eigenvalue weighted by molar-refractivity contribution is 0.0973. The first-order valence-corrected chi connectivity index (χ1v) is 15.4. The first kappa shape index (κ1) is 19.1. The Balaban J connectivity index is 5.19. The third-order valence-corrected chi connectivity index (χ3v) is 10.1. The molecule has 0 spiro atoms. The van der Waals surface area contributed by atoms with Crippen LogP contribution >= 0.6 is 0 Å². The highest BCUT2D eigenvalue weighted by molar-refractivity contribution is 6.80. The molecule has 114 valence electrons. The summed E-state index contributed by atoms with van der Waals surface area (Å²) in [6.07, 6.45) is 0.754. The third kappa shape index (κ3) is 5.52. The van der Waals surface area contributed by atoms with Gasteiger partial charge in [0.25, 0.3) is 16.6 Å². The molecule has 0 saturated heterocycles. The van der Waals surface area contributed by atoms with Crippen LogP contribution in [-0.4, -0.2) is 40.0 Å². The van der Waals surface area contributed by atoms with Crippen molar-refractivity contribution < 1.29 is 18.4 Å². The standard InChI is InChI=1S/C12H30O4Si3/c1-10-12(3,16-19(8,9)14)18(6,7)15-11(2)17(4,5)13/h13-14H,2,10H2,1,3-9H3/t12-/m1/s1. The summed E-state index contributed by atoms with van der Waals surface area (Å²) in [5.41, 5.74) is 0. The van der Waals surface area contributed by atoms with Crippen molar-refractivity contribution in [3.63, 3.8) is 0 Å². The van der Waals surface area contributed by atoms with Gasteiger partial charge in [-0.1, -0.05) is 13.5 Å². The molecule has 0 bridgehead atoms. The molecule has 0 fully saturated rings. The Bertz CT molecular complexity index is 331. The van der Waals surface area contributed by atoms with Crippen molar-refractivity contribution in [1.29, 1.82) is 0 Å². The Labute approximate surface area is 121 Å². The molecule has 19 heavy (non-hydrogen) atoms. The smallest absolute Gasteiger partial charge is 0.329 e. The maximum atomic E-state index is 10.1. The highest BCUT2D eigenvalue weighted by Gasteiger charge is 2.50. The van der Waals surface area contributed by atoms with Crippen LogP contribution in [0.15, 0.2) is 12.0 Å². The second-order valence-corrected chi connectivity index (χ2v) is 17.8. The topological polar surface area (TPSA) is 58.9 Å². The summed E-state index contributed by atoms with van der Waals surface area (Å²) in [5.74, 6) is 0. The van der Waals surface area contributed by atoms with Gasteiger partial charge in [-0.15, -0.1) is 0 Å². The Kier molecular flexibility index (Phi) is 5.85. The van der Waals surface area contributed by atoms with E-state index in [0.29, 0.717) is 5.38 Å². The zero-order valence-electron chi connectivity index (χ0n) is 13.6. The van der Waals surface area contributed by atoms with E-state index in [1.54, 1.807) is 26.2 Å². The summed E-state index contributed by atoms with van der Waals surface area (Å²) in [4.78, 5) is 20.1. The zero-order valence-corrected chi connectivity index (χ0v) is 16.6. The van der Waals surface area contributed by atoms with E-state index < -0.39 is 30.4 Å². The molecule has 0 aromatic carbocycles. The van der Waals surface area contributed by atoms with E-state index in [-0.39, 0.29) is 0 Å². The van der Waals surface area contributed by atoms with Crippen LogP contribution in [0.1, 0.15) is 20.3 Å². The van der Waals surface area contributed by atoms with Crippen molar-refractivity contribution in [2.45, 2.75) is 64.8 Å². The van der Waals surface area contributed by atoms with Crippen LogP contribution < -0.4 is 0 Å². The molecule has 0 aliphatic rings. The van der Waals surface area contributed by atoms with E-state index in [0.717, 1.165) is 6.42 Å². The highest BCUT2D eigenvalue weighted by Crippen LogP contribution is 2.34. The van der Waals surface area contributed by atoms with E-state index in [4.69, 9.17) is 8.85 Å². The lowest BCUT2D eigenvalue weighted by Gasteiger charge is -2.45. The Morgan fingerprint density at radius 3 is 1.79 bits per heavy atom. The first-order chi connectivity index (χ1) is 8.15. The molecule has 0 unspecified atom stereocenters. The van der Waals surface area contributed by atoms with Gasteiger partial charge >= 0.3 is 8.56 Å². The van der Waals surface area contributed by atoms with Gasteiger partial charge in [-0.25, -0.2) is 0 Å². The van der Waals surface area contributed by atoms with E-state index in [1.807, 2.05) is 26.9 Å². The average Bonchev–Trinajstić information content (AvgIpc) is 2.12. The van der Waals surface area contributed by atoms with Crippen molar-refractivity contribution >= 4 is 25.2 Å². The highest BCUT2D eigenvalue weighted by atomic mass is 28.4. The van der Waals surface area contributed by atoms with Gasteiger partial charge in [-0.3, -0.25) is 0 Å². The molecular formula is C12H30O4Si3. The summed E-state index contributed by atoms with van der Waals surface area (Å²) in [5, 5.41) is -0.00933. The zero-order chi connectivity index (χ0) is 15.7. The minimum atomic E-state index is -2.65. The largest absolute Gasteiger partial charge is 0.546 e. The third-order valence-electron chi connectivity index (χ3n) is 3.48. The Hall–Kier alpha value is 0.0706. The summed E-state index contributed by atoms with van der Waals surface area (Å²) in [7, 11) is -7.47. The first-order valence-electron chi connectivity index (χ1n) is 6.68. The van der Waals surface area contributed by atoms with E-state index in [1.165, 1.54) is 0 Å². The Morgan fingerprint density at radius 2 is 1.53 bits per heavy atom. The second-order valence-electron chi connectivity index (χ2n) is 6.73. The van der Waals surface area contributed by atoms with Crippen LogP contribution in [0.4, 0.5) is 0 Å².